The Morgan fingerprint density at radius 3 is 2.47 bits per heavy atom. The molecular weight excluding hydrogens is 222 g/mol. The van der Waals surface area contributed by atoms with E-state index < -0.39 is 12.3 Å². The van der Waals surface area contributed by atoms with Crippen LogP contribution in [0.2, 0.25) is 0 Å². The van der Waals surface area contributed by atoms with Gasteiger partial charge < -0.3 is 20.6 Å². The van der Waals surface area contributed by atoms with Crippen LogP contribution in [0.15, 0.2) is 0 Å². The van der Waals surface area contributed by atoms with Gasteiger partial charge >= 0.3 is 0 Å². The maximum absolute atomic E-state index is 11.8. The minimum Gasteiger partial charge on any atom is -0.380 e. The van der Waals surface area contributed by atoms with Crippen LogP contribution in [-0.2, 0) is 9.59 Å². The lowest BCUT2D eigenvalue weighted by Crippen LogP contribution is -2.60. The lowest BCUT2D eigenvalue weighted by atomic mass is 10.1. The molecule has 1 unspecified atom stereocenters. The SMILES string of the molecule is N[C@H](C(O)C(=O)N1CCC1)N1CCCCC1=O. The van der Waals surface area contributed by atoms with Gasteiger partial charge in [-0.05, 0) is 19.3 Å². The first kappa shape index (κ1) is 12.3. The summed E-state index contributed by atoms with van der Waals surface area (Å²) in [6, 6.07) is 0. The number of carbonyl (C=O) groups excluding carboxylic acids is 2. The Morgan fingerprint density at radius 1 is 1.24 bits per heavy atom. The highest BCUT2D eigenvalue weighted by molar-refractivity contribution is 5.83. The second-order valence-electron chi connectivity index (χ2n) is 4.66. The summed E-state index contributed by atoms with van der Waals surface area (Å²) in [5.41, 5.74) is 5.81. The van der Waals surface area contributed by atoms with Crippen molar-refractivity contribution in [1.82, 2.24) is 9.80 Å². The number of nitrogens with two attached hydrogens (primary N) is 1. The summed E-state index contributed by atoms with van der Waals surface area (Å²) in [6.07, 6.45) is 0.963. The number of aliphatic hydroxyl groups is 1. The number of rotatable bonds is 3. The molecule has 3 N–H and O–H groups in total. The molecule has 2 saturated heterocycles. The first-order valence-electron chi connectivity index (χ1n) is 6.13. The molecule has 2 heterocycles. The minimum atomic E-state index is -1.29. The molecule has 0 spiro atoms. The predicted molar refractivity (Wildman–Crippen MR) is 60.7 cm³/mol. The van der Waals surface area contributed by atoms with Crippen molar-refractivity contribution in [3.63, 3.8) is 0 Å². The molecule has 0 radical (unpaired) electrons. The normalized spacial score (nSPS) is 24.2. The predicted octanol–water partition coefficient (Wildman–Crippen LogP) is -1.12. The average Bonchev–Trinajstić information content (AvgIpc) is 2.25. The van der Waals surface area contributed by atoms with E-state index in [1.165, 1.54) is 4.90 Å². The molecule has 2 rings (SSSR count). The zero-order chi connectivity index (χ0) is 12.4. The van der Waals surface area contributed by atoms with Crippen LogP contribution in [0.25, 0.3) is 0 Å². The van der Waals surface area contributed by atoms with E-state index in [0.717, 1.165) is 19.3 Å². The molecular formula is C11H19N3O3. The Morgan fingerprint density at radius 2 is 1.94 bits per heavy atom. The van der Waals surface area contributed by atoms with Crippen LogP contribution in [-0.4, -0.2) is 58.6 Å². The van der Waals surface area contributed by atoms with Crippen molar-refractivity contribution in [2.75, 3.05) is 19.6 Å². The van der Waals surface area contributed by atoms with Crippen LogP contribution in [0.4, 0.5) is 0 Å². The van der Waals surface area contributed by atoms with E-state index in [2.05, 4.69) is 0 Å². The van der Waals surface area contributed by atoms with Crippen molar-refractivity contribution >= 4 is 11.8 Å². The summed E-state index contributed by atoms with van der Waals surface area (Å²) in [6.45, 7) is 1.89. The molecule has 6 heteroatoms. The highest BCUT2D eigenvalue weighted by Gasteiger charge is 2.35. The van der Waals surface area contributed by atoms with E-state index in [1.807, 2.05) is 0 Å². The summed E-state index contributed by atoms with van der Waals surface area (Å²) < 4.78 is 0. The van der Waals surface area contributed by atoms with Gasteiger partial charge in [-0.15, -0.1) is 0 Å². The number of carbonyl (C=O) groups is 2. The Kier molecular flexibility index (Phi) is 3.63. The molecule has 2 amide bonds. The molecule has 2 aliphatic heterocycles. The largest absolute Gasteiger partial charge is 0.380 e. The lowest BCUT2D eigenvalue weighted by Gasteiger charge is -2.38. The van der Waals surface area contributed by atoms with E-state index >= 15 is 0 Å². The zero-order valence-corrected chi connectivity index (χ0v) is 9.84. The third-order valence-electron chi connectivity index (χ3n) is 3.46. The van der Waals surface area contributed by atoms with Gasteiger partial charge in [0.2, 0.25) is 5.91 Å². The molecule has 0 saturated carbocycles. The van der Waals surface area contributed by atoms with Gasteiger partial charge in [0, 0.05) is 26.1 Å². The summed E-state index contributed by atoms with van der Waals surface area (Å²) in [5.74, 6) is -0.429. The van der Waals surface area contributed by atoms with Crippen molar-refractivity contribution in [1.29, 1.82) is 0 Å². The standard InChI is InChI=1S/C11H19N3O3/c12-10(14-7-2-1-4-8(14)15)9(16)11(17)13-5-3-6-13/h9-10,16H,1-7,12H2/t9?,10-/m0/s1. The molecule has 0 bridgehead atoms. The van der Waals surface area contributed by atoms with Crippen LogP contribution in [0.1, 0.15) is 25.7 Å². The molecule has 2 fully saturated rings. The fourth-order valence-electron chi connectivity index (χ4n) is 2.18. The van der Waals surface area contributed by atoms with Crippen molar-refractivity contribution < 1.29 is 14.7 Å². The van der Waals surface area contributed by atoms with E-state index in [4.69, 9.17) is 5.73 Å². The molecule has 2 atom stereocenters. The Balaban J connectivity index is 1.95. The van der Waals surface area contributed by atoms with Gasteiger partial charge in [-0.2, -0.15) is 0 Å². The number of aliphatic hydroxyl groups excluding tert-OH is 1. The van der Waals surface area contributed by atoms with Gasteiger partial charge in [0.05, 0.1) is 0 Å². The molecule has 2 aliphatic rings. The van der Waals surface area contributed by atoms with Gasteiger partial charge in [-0.25, -0.2) is 0 Å². The maximum atomic E-state index is 11.8. The smallest absolute Gasteiger partial charge is 0.254 e. The fraction of sp³-hybridized carbons (Fsp3) is 0.818. The molecule has 17 heavy (non-hydrogen) atoms. The maximum Gasteiger partial charge on any atom is 0.254 e. The fourth-order valence-corrected chi connectivity index (χ4v) is 2.18. The molecule has 0 aromatic carbocycles. The first-order valence-corrected chi connectivity index (χ1v) is 6.13. The molecule has 96 valence electrons. The number of hydrogen-bond acceptors (Lipinski definition) is 4. The highest BCUT2D eigenvalue weighted by atomic mass is 16.3. The summed E-state index contributed by atoms with van der Waals surface area (Å²) in [7, 11) is 0. The number of amides is 2. The van der Waals surface area contributed by atoms with Crippen molar-refractivity contribution in [3.8, 4) is 0 Å². The zero-order valence-electron chi connectivity index (χ0n) is 9.84. The second kappa shape index (κ2) is 5.01. The monoisotopic (exact) mass is 241 g/mol. The van der Waals surface area contributed by atoms with Crippen LogP contribution < -0.4 is 5.73 Å². The van der Waals surface area contributed by atoms with Crippen LogP contribution >= 0.6 is 0 Å². The first-order chi connectivity index (χ1) is 8.11. The van der Waals surface area contributed by atoms with Gasteiger partial charge in [-0.3, -0.25) is 9.59 Å². The Labute approximate surface area is 100 Å². The van der Waals surface area contributed by atoms with E-state index in [1.54, 1.807) is 4.90 Å². The number of likely N-dealkylation sites (tertiary alicyclic amines) is 2. The van der Waals surface area contributed by atoms with Crippen molar-refractivity contribution in [3.05, 3.63) is 0 Å². The van der Waals surface area contributed by atoms with E-state index in [9.17, 15) is 14.7 Å². The van der Waals surface area contributed by atoms with E-state index in [0.29, 0.717) is 26.1 Å². The van der Waals surface area contributed by atoms with Crippen LogP contribution in [0.3, 0.4) is 0 Å². The van der Waals surface area contributed by atoms with Gasteiger partial charge in [0.25, 0.3) is 5.91 Å². The summed E-state index contributed by atoms with van der Waals surface area (Å²) in [5, 5.41) is 9.88. The number of nitrogens with zero attached hydrogens (tertiary/aromatic N) is 2. The topological polar surface area (TPSA) is 86.9 Å². The third kappa shape index (κ3) is 2.42. The third-order valence-corrected chi connectivity index (χ3v) is 3.46. The molecule has 0 aliphatic carbocycles. The number of piperidine rings is 1. The molecule has 0 aromatic rings. The lowest BCUT2D eigenvalue weighted by molar-refractivity contribution is -0.151. The number of hydrogen-bond donors (Lipinski definition) is 2. The summed E-state index contributed by atoms with van der Waals surface area (Å²) >= 11 is 0. The van der Waals surface area contributed by atoms with Crippen LogP contribution in [0, 0.1) is 0 Å². The highest BCUT2D eigenvalue weighted by Crippen LogP contribution is 2.16. The Hall–Kier alpha value is -1.14. The quantitative estimate of drug-likeness (QED) is 0.655. The van der Waals surface area contributed by atoms with Crippen molar-refractivity contribution in [2.45, 2.75) is 38.0 Å². The molecule has 6 nitrogen and oxygen atoms in total. The van der Waals surface area contributed by atoms with Gasteiger partial charge in [0.15, 0.2) is 6.10 Å². The Bertz CT molecular complexity index is 317. The molecule has 0 aromatic heterocycles. The van der Waals surface area contributed by atoms with Crippen molar-refractivity contribution in [2.24, 2.45) is 5.73 Å². The average molecular weight is 241 g/mol. The van der Waals surface area contributed by atoms with E-state index in [-0.39, 0.29) is 11.8 Å². The second-order valence-corrected chi connectivity index (χ2v) is 4.66. The summed E-state index contributed by atoms with van der Waals surface area (Å²) in [4.78, 5) is 26.4. The van der Waals surface area contributed by atoms with Crippen LogP contribution in [0.5, 0.6) is 0 Å². The van der Waals surface area contributed by atoms with Gasteiger partial charge in [-0.1, -0.05) is 0 Å². The van der Waals surface area contributed by atoms with Gasteiger partial charge in [0.1, 0.15) is 6.17 Å². The minimum absolute atomic E-state index is 0.0702.